The second-order valence-corrected chi connectivity index (χ2v) is 10.9. The molecule has 1 unspecified atom stereocenters. The van der Waals surface area contributed by atoms with Crippen molar-refractivity contribution in [3.05, 3.63) is 76.4 Å². The number of carbonyl (C=O) groups is 3. The molecule has 11 heteroatoms. The Morgan fingerprint density at radius 2 is 1.74 bits per heavy atom. The first-order valence-electron chi connectivity index (χ1n) is 13.0. The summed E-state index contributed by atoms with van der Waals surface area (Å²) in [6.45, 7) is 0. The van der Waals surface area contributed by atoms with Gasteiger partial charge in [-0.25, -0.2) is 9.88 Å². The van der Waals surface area contributed by atoms with E-state index in [0.29, 0.717) is 28.3 Å². The molecule has 3 aromatic rings. The number of nitriles is 2. The number of ether oxygens (including phenoxy) is 2. The minimum atomic E-state index is -0.817. The van der Waals surface area contributed by atoms with Crippen molar-refractivity contribution in [1.29, 1.82) is 10.5 Å². The first-order valence-corrected chi connectivity index (χ1v) is 13.9. The molecule has 2 N–H and O–H groups in total. The van der Waals surface area contributed by atoms with E-state index in [-0.39, 0.29) is 40.1 Å². The van der Waals surface area contributed by atoms with Gasteiger partial charge in [-0.15, -0.1) is 0 Å². The summed E-state index contributed by atoms with van der Waals surface area (Å²) >= 11 is 1.01. The predicted molar refractivity (Wildman–Crippen MR) is 156 cm³/mol. The zero-order valence-electron chi connectivity index (χ0n) is 22.8. The number of benzene rings is 2. The number of nitrogens with two attached hydrogens (primary N) is 1. The van der Waals surface area contributed by atoms with Gasteiger partial charge >= 0.3 is 0 Å². The van der Waals surface area contributed by atoms with Crippen LogP contribution in [0, 0.1) is 22.7 Å². The van der Waals surface area contributed by atoms with Crippen LogP contribution in [0.15, 0.2) is 53.6 Å². The van der Waals surface area contributed by atoms with E-state index < -0.39 is 17.1 Å². The van der Waals surface area contributed by atoms with Crippen LogP contribution in [0.1, 0.15) is 57.8 Å². The van der Waals surface area contributed by atoms with E-state index >= 15 is 0 Å². The number of ketones is 1. The van der Waals surface area contributed by atoms with E-state index in [1.54, 1.807) is 55.7 Å². The highest BCUT2D eigenvalue weighted by Gasteiger charge is 2.42. The number of hydrogen-bond donors (Lipinski definition) is 1. The van der Waals surface area contributed by atoms with E-state index in [1.165, 1.54) is 13.2 Å². The predicted octanol–water partition coefficient (Wildman–Crippen LogP) is 4.62. The molecule has 5 rings (SSSR count). The first kappa shape index (κ1) is 28.4. The Morgan fingerprint density at radius 3 is 2.36 bits per heavy atom. The van der Waals surface area contributed by atoms with Crippen LogP contribution >= 0.6 is 11.8 Å². The number of allylic oxidation sites excluding steroid dienone is 1. The van der Waals surface area contributed by atoms with E-state index in [1.807, 2.05) is 6.07 Å². The van der Waals surface area contributed by atoms with Gasteiger partial charge in [-0.1, -0.05) is 23.9 Å². The number of amides is 2. The average Bonchev–Trinajstić information content (AvgIpc) is 3.80. The van der Waals surface area contributed by atoms with E-state index in [9.17, 15) is 24.9 Å². The van der Waals surface area contributed by atoms with Crippen molar-refractivity contribution in [2.45, 2.75) is 35.5 Å². The van der Waals surface area contributed by atoms with E-state index in [2.05, 4.69) is 11.1 Å². The lowest BCUT2D eigenvalue weighted by atomic mass is 10.0. The number of rotatable bonds is 9. The number of methoxy groups -OCH3 is 2. The molecule has 0 radical (unpaired) electrons. The van der Waals surface area contributed by atoms with Gasteiger partial charge in [0.25, 0.3) is 0 Å². The van der Waals surface area contributed by atoms with Gasteiger partial charge in [0, 0.05) is 12.0 Å². The Hall–Kier alpha value is -5.13. The van der Waals surface area contributed by atoms with Gasteiger partial charge in [0.2, 0.25) is 11.8 Å². The lowest BCUT2D eigenvalue weighted by molar-refractivity contribution is -0.121. The molecule has 2 aromatic carbocycles. The van der Waals surface area contributed by atoms with Crippen molar-refractivity contribution in [3.63, 3.8) is 0 Å². The topological polar surface area (TPSA) is 159 Å². The normalized spacial score (nSPS) is 16.4. The minimum absolute atomic E-state index is 0.00922. The molecule has 1 atom stereocenters. The van der Waals surface area contributed by atoms with Crippen molar-refractivity contribution >= 4 is 46.9 Å². The van der Waals surface area contributed by atoms with Crippen molar-refractivity contribution < 1.29 is 23.9 Å². The molecule has 2 amide bonds. The maximum absolute atomic E-state index is 13.3. The fourth-order valence-electron chi connectivity index (χ4n) is 4.79. The summed E-state index contributed by atoms with van der Waals surface area (Å²) < 4.78 is 10.5. The van der Waals surface area contributed by atoms with E-state index in [0.717, 1.165) is 35.1 Å². The fourth-order valence-corrected chi connectivity index (χ4v) is 5.92. The lowest BCUT2D eigenvalue weighted by Crippen LogP contribution is -2.31. The quantitative estimate of drug-likeness (QED) is 0.215. The summed E-state index contributed by atoms with van der Waals surface area (Å²) in [5.74, 6) is 0.0595. The summed E-state index contributed by atoms with van der Waals surface area (Å²) in [7, 11) is 3.07. The molecule has 210 valence electrons. The molecule has 1 aliphatic heterocycles. The molecule has 42 heavy (non-hydrogen) atoms. The number of thioether (sulfide) groups is 1. The Kier molecular flexibility index (Phi) is 7.96. The Labute approximate surface area is 246 Å². The number of hydrogen-bond acceptors (Lipinski definition) is 10. The number of carbonyl (C=O) groups excluding carboxylic acids is 3. The molecular formula is C31H25N5O5S. The van der Waals surface area contributed by atoms with Gasteiger partial charge in [0.05, 0.1) is 36.3 Å². The van der Waals surface area contributed by atoms with Gasteiger partial charge in [-0.3, -0.25) is 14.4 Å². The molecule has 2 heterocycles. The third kappa shape index (κ3) is 5.42. The molecule has 2 fully saturated rings. The number of pyridine rings is 1. The van der Waals surface area contributed by atoms with Crippen LogP contribution in [0.5, 0.6) is 11.5 Å². The number of aromatic nitrogens is 1. The van der Waals surface area contributed by atoms with Crippen molar-refractivity contribution in [2.75, 3.05) is 24.9 Å². The molecule has 0 bridgehead atoms. The van der Waals surface area contributed by atoms with Gasteiger partial charge < -0.3 is 15.2 Å². The molecule has 1 aliphatic carbocycles. The Balaban J connectivity index is 1.31. The molecule has 10 nitrogen and oxygen atoms in total. The van der Waals surface area contributed by atoms with Crippen LogP contribution < -0.4 is 20.1 Å². The minimum Gasteiger partial charge on any atom is -0.493 e. The zero-order valence-corrected chi connectivity index (χ0v) is 23.6. The summed E-state index contributed by atoms with van der Waals surface area (Å²) in [5.41, 5.74) is 8.49. The van der Waals surface area contributed by atoms with Crippen LogP contribution in [0.2, 0.25) is 0 Å². The number of anilines is 2. The maximum atomic E-state index is 13.3. The summed E-state index contributed by atoms with van der Waals surface area (Å²) in [6, 6.07) is 15.7. The second kappa shape index (κ2) is 11.8. The van der Waals surface area contributed by atoms with Gasteiger partial charge in [-0.2, -0.15) is 10.5 Å². The number of nitrogen functional groups attached to an aromatic ring is 1. The number of nitrogens with zero attached hydrogens (tertiary/aromatic N) is 4. The van der Waals surface area contributed by atoms with Crippen LogP contribution in [0.4, 0.5) is 11.5 Å². The summed E-state index contributed by atoms with van der Waals surface area (Å²) in [4.78, 5) is 44.3. The Morgan fingerprint density at radius 1 is 1.05 bits per heavy atom. The number of imide groups is 1. The Bertz CT molecular complexity index is 1720. The van der Waals surface area contributed by atoms with Gasteiger partial charge in [0.1, 0.15) is 23.0 Å². The van der Waals surface area contributed by atoms with Crippen LogP contribution in [-0.2, 0) is 9.59 Å². The molecular weight excluding hydrogens is 554 g/mol. The van der Waals surface area contributed by atoms with Crippen LogP contribution in [-0.4, -0.2) is 42.1 Å². The molecule has 1 aromatic heterocycles. The first-order chi connectivity index (χ1) is 20.3. The van der Waals surface area contributed by atoms with Crippen LogP contribution in [0.25, 0.3) is 6.08 Å². The van der Waals surface area contributed by atoms with Gasteiger partial charge in [-0.05, 0) is 72.4 Å². The van der Waals surface area contributed by atoms with Crippen molar-refractivity contribution in [3.8, 4) is 23.6 Å². The second-order valence-electron chi connectivity index (χ2n) is 9.70. The molecule has 1 saturated heterocycles. The van der Waals surface area contributed by atoms with Crippen LogP contribution in [0.3, 0.4) is 0 Å². The zero-order chi connectivity index (χ0) is 30.0. The lowest BCUT2D eigenvalue weighted by Gasteiger charge is -2.16. The highest BCUT2D eigenvalue weighted by molar-refractivity contribution is 8.00. The highest BCUT2D eigenvalue weighted by atomic mass is 32.2. The monoisotopic (exact) mass is 579 g/mol. The largest absolute Gasteiger partial charge is 0.493 e. The maximum Gasteiger partial charge on any atom is 0.247 e. The van der Waals surface area contributed by atoms with E-state index in [4.69, 9.17) is 15.2 Å². The average molecular weight is 580 g/mol. The highest BCUT2D eigenvalue weighted by Crippen LogP contribution is 2.47. The molecule has 1 saturated carbocycles. The fraction of sp³-hybridized carbons (Fsp3) is 0.226. The third-order valence-electron chi connectivity index (χ3n) is 7.04. The molecule has 2 aliphatic rings. The third-order valence-corrected chi connectivity index (χ3v) is 8.22. The van der Waals surface area contributed by atoms with Crippen molar-refractivity contribution in [1.82, 2.24) is 4.98 Å². The summed E-state index contributed by atoms with van der Waals surface area (Å²) in [6.07, 6.45) is 4.67. The molecule has 0 spiro atoms. The van der Waals surface area contributed by atoms with Gasteiger partial charge in [0.15, 0.2) is 17.3 Å². The SMILES string of the molecule is COc1ccc(C=CC(=O)c2ccc(N3C(=O)CC(Sc4nc(N)c(C#N)c(C5CC5)c4C#N)C3=O)cc2)cc1OC. The smallest absolute Gasteiger partial charge is 0.247 e. The summed E-state index contributed by atoms with van der Waals surface area (Å²) in [5, 5.41) is 18.8. The standard InChI is InChI=1S/C31H25N5O5S/c1-40-24-12-4-17(13-25(24)41-2)3-11-23(37)18-7-9-20(10-8-18)36-27(38)14-26(31(36)39)42-30-22(16-33)28(19-5-6-19)21(15-32)29(34)35-30/h3-4,7-13,19,26H,5-6,14H2,1-2H3,(H2,34,35). The van der Waals surface area contributed by atoms with Crippen molar-refractivity contribution in [2.24, 2.45) is 0 Å².